The number of nitrogens with zero attached hydrogens (tertiary/aromatic N) is 1. The highest BCUT2D eigenvalue weighted by molar-refractivity contribution is 9.10. The minimum absolute atomic E-state index is 0.0583. The van der Waals surface area contributed by atoms with Crippen molar-refractivity contribution in [3.63, 3.8) is 0 Å². The number of aromatic nitrogens is 1. The molecule has 1 heterocycles. The number of hydrogen-bond acceptors (Lipinski definition) is 3. The normalized spacial score (nSPS) is 15.7. The molecule has 1 aromatic carbocycles. The highest BCUT2D eigenvalue weighted by Crippen LogP contribution is 2.39. The number of hydrogen-bond donors (Lipinski definition) is 1. The van der Waals surface area contributed by atoms with Gasteiger partial charge in [-0.1, -0.05) is 41.3 Å². The summed E-state index contributed by atoms with van der Waals surface area (Å²) in [6.07, 6.45) is 8.55. The average molecular weight is 379 g/mol. The van der Waals surface area contributed by atoms with E-state index >= 15 is 0 Å². The second kappa shape index (κ2) is 6.92. The van der Waals surface area contributed by atoms with E-state index in [1.54, 1.807) is 11.3 Å². The molecule has 5 heteroatoms. The summed E-state index contributed by atoms with van der Waals surface area (Å²) in [4.78, 5) is 17.0. The SMILES string of the molecule is CC(=O)Nc1ccc(-c2cnc(C3CCCCC3)s2)c(Br)c1. The van der Waals surface area contributed by atoms with Gasteiger partial charge in [0.15, 0.2) is 0 Å². The summed E-state index contributed by atoms with van der Waals surface area (Å²) in [7, 11) is 0. The molecule has 3 nitrogen and oxygen atoms in total. The molecule has 2 aromatic rings. The number of anilines is 1. The standard InChI is InChI=1S/C17H19BrN2OS/c1-11(21)20-13-7-8-14(15(18)9-13)16-10-19-17(22-16)12-5-3-2-4-6-12/h7-10,12H,2-6H2,1H3,(H,20,21). The summed E-state index contributed by atoms with van der Waals surface area (Å²) in [6.45, 7) is 1.52. The monoisotopic (exact) mass is 378 g/mol. The largest absolute Gasteiger partial charge is 0.326 e. The zero-order valence-electron chi connectivity index (χ0n) is 12.6. The maximum Gasteiger partial charge on any atom is 0.221 e. The van der Waals surface area contributed by atoms with Crippen LogP contribution in [-0.2, 0) is 4.79 Å². The molecular formula is C17H19BrN2OS. The molecule has 22 heavy (non-hydrogen) atoms. The third kappa shape index (κ3) is 3.58. The number of halogens is 1. The first-order valence-electron chi connectivity index (χ1n) is 7.67. The van der Waals surface area contributed by atoms with Gasteiger partial charge in [-0.05, 0) is 25.0 Å². The highest BCUT2D eigenvalue weighted by Gasteiger charge is 2.19. The van der Waals surface area contributed by atoms with Gasteiger partial charge in [0, 0.05) is 34.8 Å². The minimum Gasteiger partial charge on any atom is -0.326 e. The van der Waals surface area contributed by atoms with Crippen molar-refractivity contribution in [2.45, 2.75) is 44.9 Å². The van der Waals surface area contributed by atoms with Gasteiger partial charge in [-0.2, -0.15) is 0 Å². The molecule has 0 spiro atoms. The van der Waals surface area contributed by atoms with Crippen LogP contribution in [0, 0.1) is 0 Å². The molecule has 1 saturated carbocycles. The molecular weight excluding hydrogens is 360 g/mol. The van der Waals surface area contributed by atoms with E-state index in [0.717, 1.165) is 15.7 Å². The number of carbonyl (C=O) groups excluding carboxylic acids is 1. The molecule has 1 aromatic heterocycles. The van der Waals surface area contributed by atoms with Crippen molar-refractivity contribution in [1.82, 2.24) is 4.98 Å². The molecule has 1 aliphatic rings. The van der Waals surface area contributed by atoms with E-state index in [1.807, 2.05) is 24.4 Å². The van der Waals surface area contributed by atoms with Gasteiger partial charge in [0.05, 0.1) is 9.88 Å². The maximum atomic E-state index is 11.1. The van der Waals surface area contributed by atoms with Gasteiger partial charge in [0.25, 0.3) is 0 Å². The summed E-state index contributed by atoms with van der Waals surface area (Å²) in [5.74, 6) is 0.585. The van der Waals surface area contributed by atoms with Crippen molar-refractivity contribution in [3.05, 3.63) is 33.9 Å². The Morgan fingerprint density at radius 1 is 1.32 bits per heavy atom. The topological polar surface area (TPSA) is 42.0 Å². The lowest BCUT2D eigenvalue weighted by Crippen LogP contribution is -2.05. The molecule has 0 bridgehead atoms. The van der Waals surface area contributed by atoms with E-state index < -0.39 is 0 Å². The smallest absolute Gasteiger partial charge is 0.221 e. The lowest BCUT2D eigenvalue weighted by atomic mass is 9.90. The number of benzene rings is 1. The molecule has 1 aliphatic carbocycles. The van der Waals surface area contributed by atoms with Crippen molar-refractivity contribution >= 4 is 38.9 Å². The van der Waals surface area contributed by atoms with Gasteiger partial charge < -0.3 is 5.32 Å². The first-order valence-corrected chi connectivity index (χ1v) is 9.27. The first kappa shape index (κ1) is 15.7. The number of nitrogens with one attached hydrogen (secondary N) is 1. The van der Waals surface area contributed by atoms with Crippen molar-refractivity contribution in [2.24, 2.45) is 0 Å². The Kier molecular flexibility index (Phi) is 4.93. The van der Waals surface area contributed by atoms with E-state index in [2.05, 4.69) is 26.2 Å². The molecule has 1 amide bonds. The van der Waals surface area contributed by atoms with Crippen LogP contribution in [0.25, 0.3) is 10.4 Å². The molecule has 0 unspecified atom stereocenters. The van der Waals surface area contributed by atoms with Crippen molar-refractivity contribution < 1.29 is 4.79 Å². The summed E-state index contributed by atoms with van der Waals surface area (Å²) in [5, 5.41) is 4.07. The Balaban J connectivity index is 1.82. The fraction of sp³-hybridized carbons (Fsp3) is 0.412. The highest BCUT2D eigenvalue weighted by atomic mass is 79.9. The van der Waals surface area contributed by atoms with Crippen LogP contribution in [0.2, 0.25) is 0 Å². The summed E-state index contributed by atoms with van der Waals surface area (Å²) < 4.78 is 0.984. The number of thiazole rings is 1. The minimum atomic E-state index is -0.0583. The zero-order valence-corrected chi connectivity index (χ0v) is 15.0. The van der Waals surface area contributed by atoms with E-state index in [1.165, 1.54) is 48.9 Å². The van der Waals surface area contributed by atoms with Crippen LogP contribution in [0.5, 0.6) is 0 Å². The van der Waals surface area contributed by atoms with E-state index in [0.29, 0.717) is 5.92 Å². The number of rotatable bonds is 3. The fourth-order valence-corrected chi connectivity index (χ4v) is 4.80. The lowest BCUT2D eigenvalue weighted by molar-refractivity contribution is -0.114. The predicted octanol–water partition coefficient (Wildman–Crippen LogP) is 5.58. The van der Waals surface area contributed by atoms with E-state index in [9.17, 15) is 4.79 Å². The van der Waals surface area contributed by atoms with Gasteiger partial charge in [-0.25, -0.2) is 4.98 Å². The Morgan fingerprint density at radius 2 is 2.09 bits per heavy atom. The summed E-state index contributed by atoms with van der Waals surface area (Å²) in [5.41, 5.74) is 1.94. The van der Waals surface area contributed by atoms with Crippen LogP contribution in [-0.4, -0.2) is 10.9 Å². The molecule has 0 aliphatic heterocycles. The van der Waals surface area contributed by atoms with Gasteiger partial charge in [0.1, 0.15) is 0 Å². The van der Waals surface area contributed by atoms with Crippen LogP contribution in [0.15, 0.2) is 28.9 Å². The second-order valence-electron chi connectivity index (χ2n) is 5.77. The molecule has 1 N–H and O–H groups in total. The third-order valence-electron chi connectivity index (χ3n) is 4.03. The summed E-state index contributed by atoms with van der Waals surface area (Å²) in [6, 6.07) is 5.91. The first-order chi connectivity index (χ1) is 10.6. The molecule has 0 saturated heterocycles. The quantitative estimate of drug-likeness (QED) is 0.757. The number of carbonyl (C=O) groups is 1. The van der Waals surface area contributed by atoms with Gasteiger partial charge in [-0.15, -0.1) is 11.3 Å². The van der Waals surface area contributed by atoms with Gasteiger partial charge >= 0.3 is 0 Å². The molecule has 0 atom stereocenters. The van der Waals surface area contributed by atoms with Crippen LogP contribution in [0.1, 0.15) is 50.0 Å². The summed E-state index contributed by atoms with van der Waals surface area (Å²) >= 11 is 5.40. The zero-order chi connectivity index (χ0) is 15.5. The maximum absolute atomic E-state index is 11.1. The lowest BCUT2D eigenvalue weighted by Gasteiger charge is -2.18. The molecule has 3 rings (SSSR count). The number of amides is 1. The van der Waals surface area contributed by atoms with Crippen molar-refractivity contribution in [1.29, 1.82) is 0 Å². The van der Waals surface area contributed by atoms with Crippen molar-refractivity contribution in [3.8, 4) is 10.4 Å². The van der Waals surface area contributed by atoms with Gasteiger partial charge in [0.2, 0.25) is 5.91 Å². The Hall–Kier alpha value is -1.20. The van der Waals surface area contributed by atoms with Crippen molar-refractivity contribution in [2.75, 3.05) is 5.32 Å². The Bertz CT molecular complexity index is 677. The Morgan fingerprint density at radius 3 is 2.77 bits per heavy atom. The van der Waals surface area contributed by atoms with Gasteiger partial charge in [-0.3, -0.25) is 4.79 Å². The van der Waals surface area contributed by atoms with Crippen LogP contribution in [0.4, 0.5) is 5.69 Å². The van der Waals surface area contributed by atoms with Crippen LogP contribution < -0.4 is 5.32 Å². The fourth-order valence-electron chi connectivity index (χ4n) is 2.95. The second-order valence-corrected chi connectivity index (χ2v) is 7.69. The van der Waals surface area contributed by atoms with Crippen LogP contribution in [0.3, 0.4) is 0 Å². The van der Waals surface area contributed by atoms with E-state index in [4.69, 9.17) is 0 Å². The molecule has 1 fully saturated rings. The Labute approximate surface area is 143 Å². The van der Waals surface area contributed by atoms with E-state index in [-0.39, 0.29) is 5.91 Å². The molecule has 0 radical (unpaired) electrons. The van der Waals surface area contributed by atoms with Crippen LogP contribution >= 0.6 is 27.3 Å². The molecule has 116 valence electrons. The average Bonchev–Trinajstić information content (AvgIpc) is 2.97. The predicted molar refractivity (Wildman–Crippen MR) is 95.4 cm³/mol. The third-order valence-corrected chi connectivity index (χ3v) is 5.88.